The van der Waals surface area contributed by atoms with E-state index in [0.29, 0.717) is 17.3 Å². The molecule has 5 nitrogen and oxygen atoms in total. The average Bonchev–Trinajstić information content (AvgIpc) is 2.44. The molecule has 0 bridgehead atoms. The summed E-state index contributed by atoms with van der Waals surface area (Å²) in [5.74, 6) is -0.205. The molecule has 1 atom stereocenters. The van der Waals surface area contributed by atoms with Gasteiger partial charge in [0.1, 0.15) is 5.78 Å². The van der Waals surface area contributed by atoms with Gasteiger partial charge in [-0.3, -0.25) is 19.9 Å². The number of hydrogen-bond donors (Lipinski definition) is 0. The van der Waals surface area contributed by atoms with Gasteiger partial charge in [0.05, 0.1) is 15.8 Å². The Labute approximate surface area is 110 Å². The fourth-order valence-corrected chi connectivity index (χ4v) is 2.17. The normalized spacial score (nSPS) is 12.3. The van der Waals surface area contributed by atoms with E-state index in [9.17, 15) is 14.9 Å². The molecule has 0 amide bonds. The monoisotopic (exact) mass is 258 g/mol. The van der Waals surface area contributed by atoms with E-state index in [1.807, 2.05) is 0 Å². The molecule has 0 spiro atoms. The zero-order chi connectivity index (χ0) is 14.0. The minimum atomic E-state index is -0.430. The van der Waals surface area contributed by atoms with Crippen molar-refractivity contribution in [1.82, 2.24) is 4.98 Å². The minimum absolute atomic E-state index is 0.0167. The largest absolute Gasteiger partial charge is 0.299 e. The molecule has 1 unspecified atom stereocenters. The van der Waals surface area contributed by atoms with E-state index >= 15 is 0 Å². The highest BCUT2D eigenvalue weighted by molar-refractivity contribution is 5.95. The molecular weight excluding hydrogens is 244 g/mol. The maximum atomic E-state index is 11.8. The van der Waals surface area contributed by atoms with Crippen LogP contribution in [0.3, 0.4) is 0 Å². The first-order valence-electron chi connectivity index (χ1n) is 6.11. The lowest BCUT2D eigenvalue weighted by Crippen LogP contribution is -2.08. The summed E-state index contributed by atoms with van der Waals surface area (Å²) < 4.78 is 0. The second-order valence-electron chi connectivity index (χ2n) is 4.37. The number of nitro benzene ring substituents is 1. The Morgan fingerprint density at radius 2 is 2.16 bits per heavy atom. The number of aromatic nitrogens is 1. The van der Waals surface area contributed by atoms with Crippen molar-refractivity contribution < 1.29 is 9.72 Å². The van der Waals surface area contributed by atoms with Crippen molar-refractivity contribution in [3.63, 3.8) is 0 Å². The van der Waals surface area contributed by atoms with Gasteiger partial charge in [-0.25, -0.2) is 0 Å². The van der Waals surface area contributed by atoms with Gasteiger partial charge in [-0.2, -0.15) is 0 Å². The van der Waals surface area contributed by atoms with E-state index in [4.69, 9.17) is 0 Å². The van der Waals surface area contributed by atoms with Crippen LogP contribution in [0.25, 0.3) is 10.9 Å². The zero-order valence-electron chi connectivity index (χ0n) is 10.8. The smallest absolute Gasteiger partial charge is 0.278 e. The number of rotatable bonds is 4. The van der Waals surface area contributed by atoms with Crippen molar-refractivity contribution >= 4 is 22.4 Å². The first-order chi connectivity index (χ1) is 9.06. The van der Waals surface area contributed by atoms with Gasteiger partial charge in [0.15, 0.2) is 0 Å². The summed E-state index contributed by atoms with van der Waals surface area (Å²) in [7, 11) is 0. The van der Waals surface area contributed by atoms with Crippen molar-refractivity contribution in [3.05, 3.63) is 46.1 Å². The van der Waals surface area contributed by atoms with E-state index in [1.54, 1.807) is 38.2 Å². The Bertz CT molecular complexity index is 652. The van der Waals surface area contributed by atoms with Crippen LogP contribution >= 0.6 is 0 Å². The topological polar surface area (TPSA) is 73.1 Å². The molecule has 1 heterocycles. The third-order valence-corrected chi connectivity index (χ3v) is 3.27. The zero-order valence-corrected chi connectivity index (χ0v) is 10.8. The van der Waals surface area contributed by atoms with E-state index in [1.165, 1.54) is 6.07 Å². The number of hydrogen-bond acceptors (Lipinski definition) is 4. The summed E-state index contributed by atoms with van der Waals surface area (Å²) in [5.41, 5.74) is 1.29. The number of carbonyl (C=O) groups excluding carboxylic acids is 1. The van der Waals surface area contributed by atoms with Gasteiger partial charge >= 0.3 is 0 Å². The number of benzene rings is 1. The Kier molecular flexibility index (Phi) is 3.55. The third kappa shape index (κ3) is 2.31. The molecule has 0 saturated carbocycles. The molecule has 0 aliphatic rings. The number of carbonyl (C=O) groups is 1. The Morgan fingerprint density at radius 1 is 1.42 bits per heavy atom. The quantitative estimate of drug-likeness (QED) is 0.623. The van der Waals surface area contributed by atoms with Crippen molar-refractivity contribution in [2.45, 2.75) is 26.2 Å². The van der Waals surface area contributed by atoms with Crippen LogP contribution in [0.2, 0.25) is 0 Å². The van der Waals surface area contributed by atoms with Crippen LogP contribution in [-0.4, -0.2) is 15.7 Å². The van der Waals surface area contributed by atoms with E-state index in [2.05, 4.69) is 4.98 Å². The number of pyridine rings is 1. The maximum Gasteiger partial charge on any atom is 0.278 e. The highest BCUT2D eigenvalue weighted by atomic mass is 16.6. The number of non-ortho nitro benzene ring substituents is 1. The van der Waals surface area contributed by atoms with Gasteiger partial charge in [0.2, 0.25) is 0 Å². The van der Waals surface area contributed by atoms with Gasteiger partial charge in [-0.15, -0.1) is 0 Å². The Morgan fingerprint density at radius 3 is 2.79 bits per heavy atom. The van der Waals surface area contributed by atoms with Crippen LogP contribution in [-0.2, 0) is 4.79 Å². The van der Waals surface area contributed by atoms with Crippen LogP contribution in [0, 0.1) is 10.1 Å². The first kappa shape index (κ1) is 13.1. The molecular formula is C14H14N2O3. The molecule has 0 radical (unpaired) electrons. The predicted octanol–water partition coefficient (Wildman–Crippen LogP) is 3.23. The van der Waals surface area contributed by atoms with Crippen LogP contribution in [0.5, 0.6) is 0 Å². The average molecular weight is 258 g/mol. The summed E-state index contributed by atoms with van der Waals surface area (Å²) in [4.78, 5) is 26.6. The lowest BCUT2D eigenvalue weighted by Gasteiger charge is -2.12. The molecule has 19 heavy (non-hydrogen) atoms. The molecule has 98 valence electrons. The van der Waals surface area contributed by atoms with Crippen LogP contribution in [0.1, 0.15) is 31.7 Å². The molecule has 1 aromatic heterocycles. The standard InChI is InChI=1S/C14H14N2O3/c1-3-13(17)9(2)10-6-7-12(16(18)19)11-5-4-8-15-14(10)11/h4-9H,3H2,1-2H3. The number of nitrogens with zero attached hydrogens (tertiary/aromatic N) is 2. The first-order valence-corrected chi connectivity index (χ1v) is 6.11. The molecule has 0 saturated heterocycles. The van der Waals surface area contributed by atoms with Gasteiger partial charge in [-0.05, 0) is 23.8 Å². The second kappa shape index (κ2) is 5.14. The van der Waals surface area contributed by atoms with Crippen molar-refractivity contribution in [2.24, 2.45) is 0 Å². The molecule has 2 aromatic rings. The molecule has 2 rings (SSSR count). The van der Waals surface area contributed by atoms with Crippen LogP contribution in [0.4, 0.5) is 5.69 Å². The van der Waals surface area contributed by atoms with Crippen LogP contribution < -0.4 is 0 Å². The lowest BCUT2D eigenvalue weighted by atomic mass is 9.92. The summed E-state index contributed by atoms with van der Waals surface area (Å²) in [6, 6.07) is 6.39. The van der Waals surface area contributed by atoms with Gasteiger partial charge in [0, 0.05) is 24.6 Å². The highest BCUT2D eigenvalue weighted by Gasteiger charge is 2.21. The fourth-order valence-electron chi connectivity index (χ4n) is 2.17. The van der Waals surface area contributed by atoms with E-state index < -0.39 is 4.92 Å². The summed E-state index contributed by atoms with van der Waals surface area (Å²) >= 11 is 0. The van der Waals surface area contributed by atoms with Crippen LogP contribution in [0.15, 0.2) is 30.5 Å². The molecule has 1 aromatic carbocycles. The fraction of sp³-hybridized carbons (Fsp3) is 0.286. The molecule has 5 heteroatoms. The van der Waals surface area contributed by atoms with Crippen molar-refractivity contribution in [2.75, 3.05) is 0 Å². The van der Waals surface area contributed by atoms with E-state index in [-0.39, 0.29) is 17.4 Å². The summed E-state index contributed by atoms with van der Waals surface area (Å²) in [5, 5.41) is 11.5. The van der Waals surface area contributed by atoms with Gasteiger partial charge in [-0.1, -0.05) is 13.8 Å². The lowest BCUT2D eigenvalue weighted by molar-refractivity contribution is -0.383. The molecule has 0 aliphatic heterocycles. The number of nitro groups is 1. The number of ketones is 1. The molecule has 0 aliphatic carbocycles. The second-order valence-corrected chi connectivity index (χ2v) is 4.37. The van der Waals surface area contributed by atoms with Gasteiger partial charge < -0.3 is 0 Å². The SMILES string of the molecule is CCC(=O)C(C)c1ccc([N+](=O)[O-])c2cccnc12. The van der Waals surface area contributed by atoms with Gasteiger partial charge in [0.25, 0.3) is 5.69 Å². The van der Waals surface area contributed by atoms with Crippen molar-refractivity contribution in [3.8, 4) is 0 Å². The van der Waals surface area contributed by atoms with E-state index in [0.717, 1.165) is 5.56 Å². The summed E-state index contributed by atoms with van der Waals surface area (Å²) in [6.07, 6.45) is 2.02. The highest BCUT2D eigenvalue weighted by Crippen LogP contribution is 2.31. The Balaban J connectivity index is 2.68. The Hall–Kier alpha value is -2.30. The third-order valence-electron chi connectivity index (χ3n) is 3.27. The van der Waals surface area contributed by atoms with Crippen molar-refractivity contribution in [1.29, 1.82) is 0 Å². The number of fused-ring (bicyclic) bond motifs is 1. The predicted molar refractivity (Wildman–Crippen MR) is 72.1 cm³/mol. The summed E-state index contributed by atoms with van der Waals surface area (Å²) in [6.45, 7) is 3.61. The molecule has 0 N–H and O–H groups in total. The maximum absolute atomic E-state index is 11.8. The number of Topliss-reactive ketones (excluding diaryl/α,β-unsaturated/α-hetero) is 1. The molecule has 0 fully saturated rings. The minimum Gasteiger partial charge on any atom is -0.299 e.